The first-order chi connectivity index (χ1) is 12.1. The van der Waals surface area contributed by atoms with Crippen molar-refractivity contribution in [1.29, 1.82) is 0 Å². The molecule has 1 unspecified atom stereocenters. The zero-order valence-electron chi connectivity index (χ0n) is 14.4. The van der Waals surface area contributed by atoms with Gasteiger partial charge in [0.25, 0.3) is 0 Å². The maximum absolute atomic E-state index is 12.9. The van der Waals surface area contributed by atoms with Crippen LogP contribution in [0.2, 0.25) is 5.02 Å². The number of hydrogen-bond acceptors (Lipinski definition) is 5. The van der Waals surface area contributed by atoms with Crippen molar-refractivity contribution in [2.45, 2.75) is 39.0 Å². The summed E-state index contributed by atoms with van der Waals surface area (Å²) in [5.41, 5.74) is -0.992. The molecule has 1 heterocycles. The Kier molecular flexibility index (Phi) is 6.25. The minimum atomic E-state index is -4.60. The molecule has 1 atom stereocenters. The molecule has 0 aliphatic heterocycles. The summed E-state index contributed by atoms with van der Waals surface area (Å²) >= 11 is 5.57. The van der Waals surface area contributed by atoms with Crippen LogP contribution in [0, 0.1) is 0 Å². The van der Waals surface area contributed by atoms with Crippen molar-refractivity contribution in [3.8, 4) is 0 Å². The molecule has 0 saturated heterocycles. The molecule has 1 N–H and O–H groups in total. The van der Waals surface area contributed by atoms with Gasteiger partial charge in [-0.05, 0) is 32.2 Å². The Hall–Kier alpha value is -2.13. The van der Waals surface area contributed by atoms with E-state index >= 15 is 0 Å². The van der Waals surface area contributed by atoms with E-state index in [9.17, 15) is 18.0 Å². The zero-order valence-corrected chi connectivity index (χ0v) is 15.1. The van der Waals surface area contributed by atoms with Gasteiger partial charge in [0, 0.05) is 12.1 Å². The fourth-order valence-corrected chi connectivity index (χ4v) is 2.34. The van der Waals surface area contributed by atoms with Crippen molar-refractivity contribution in [3.63, 3.8) is 0 Å². The second kappa shape index (κ2) is 8.05. The van der Waals surface area contributed by atoms with Crippen LogP contribution in [-0.2, 0) is 23.9 Å². The van der Waals surface area contributed by atoms with Gasteiger partial charge in [0.1, 0.15) is 0 Å². The van der Waals surface area contributed by atoms with Crippen molar-refractivity contribution < 1.29 is 22.5 Å². The third kappa shape index (κ3) is 4.95. The van der Waals surface area contributed by atoms with E-state index in [0.717, 1.165) is 12.1 Å². The smallest absolute Gasteiger partial charge is 0.338 e. The molecule has 2 rings (SSSR count). The van der Waals surface area contributed by atoms with Crippen molar-refractivity contribution in [2.75, 3.05) is 12.4 Å². The van der Waals surface area contributed by atoms with Crippen molar-refractivity contribution in [1.82, 2.24) is 15.0 Å². The fourth-order valence-electron chi connectivity index (χ4n) is 2.12. The summed E-state index contributed by atoms with van der Waals surface area (Å²) in [6.07, 6.45) is -3.98. The topological polar surface area (TPSA) is 71.3 Å². The third-order valence-electron chi connectivity index (χ3n) is 3.79. The van der Waals surface area contributed by atoms with E-state index in [1.807, 2.05) is 6.92 Å². The molecule has 142 valence electrons. The maximum Gasteiger partial charge on any atom is 0.417 e. The van der Waals surface area contributed by atoms with Crippen LogP contribution < -0.4 is 5.32 Å². The van der Waals surface area contributed by atoms with Gasteiger partial charge in [-0.2, -0.15) is 18.2 Å². The van der Waals surface area contributed by atoms with Crippen LogP contribution in [0.4, 0.5) is 18.9 Å². The van der Waals surface area contributed by atoms with Gasteiger partial charge >= 0.3 is 6.18 Å². The van der Waals surface area contributed by atoms with Crippen molar-refractivity contribution in [3.05, 3.63) is 40.5 Å². The summed E-state index contributed by atoms with van der Waals surface area (Å²) in [6.45, 7) is 3.73. The molecule has 0 radical (unpaired) electrons. The molecule has 26 heavy (non-hydrogen) atoms. The first kappa shape index (κ1) is 20.2. The van der Waals surface area contributed by atoms with E-state index in [1.165, 1.54) is 6.07 Å². The molecule has 10 heteroatoms. The minimum absolute atomic E-state index is 0.0121. The molecule has 0 fully saturated rings. The van der Waals surface area contributed by atoms with E-state index < -0.39 is 28.7 Å². The van der Waals surface area contributed by atoms with Gasteiger partial charge in [-0.25, -0.2) is 0 Å². The van der Waals surface area contributed by atoms with Gasteiger partial charge in [-0.1, -0.05) is 23.7 Å². The lowest BCUT2D eigenvalue weighted by Crippen LogP contribution is -2.39. The molecule has 1 amide bonds. The highest BCUT2D eigenvalue weighted by Crippen LogP contribution is 2.36. The number of halogens is 4. The minimum Gasteiger partial charge on any atom is -0.338 e. The number of aryl methyl sites for hydroxylation is 1. The molecule has 1 aromatic carbocycles. The molecule has 0 bridgehead atoms. The monoisotopic (exact) mass is 390 g/mol. The summed E-state index contributed by atoms with van der Waals surface area (Å²) in [6, 6.07) is 2.57. The van der Waals surface area contributed by atoms with Crippen LogP contribution in [0.15, 0.2) is 22.7 Å². The Morgan fingerprint density at radius 1 is 1.42 bits per heavy atom. The van der Waals surface area contributed by atoms with Crippen LogP contribution in [-0.4, -0.2) is 34.0 Å². The number of carbonyl (C=O) groups is 1. The normalized spacial score (nSPS) is 13.1. The number of nitrogens with one attached hydrogen (secondary N) is 1. The van der Waals surface area contributed by atoms with E-state index in [1.54, 1.807) is 18.9 Å². The van der Waals surface area contributed by atoms with Gasteiger partial charge < -0.3 is 9.84 Å². The maximum atomic E-state index is 12.9. The van der Waals surface area contributed by atoms with Crippen molar-refractivity contribution >= 4 is 23.2 Å². The summed E-state index contributed by atoms with van der Waals surface area (Å²) in [4.78, 5) is 18.1. The second-order valence-corrected chi connectivity index (χ2v) is 6.14. The number of anilines is 1. The van der Waals surface area contributed by atoms with Gasteiger partial charge in [-0.3, -0.25) is 9.69 Å². The lowest BCUT2D eigenvalue weighted by atomic mass is 10.2. The lowest BCUT2D eigenvalue weighted by Gasteiger charge is -2.22. The van der Waals surface area contributed by atoms with Gasteiger partial charge in [0.15, 0.2) is 5.82 Å². The Morgan fingerprint density at radius 2 is 2.12 bits per heavy atom. The predicted octanol–water partition coefficient (Wildman–Crippen LogP) is 3.76. The quantitative estimate of drug-likeness (QED) is 0.813. The molecule has 1 aromatic heterocycles. The van der Waals surface area contributed by atoms with Crippen LogP contribution in [0.5, 0.6) is 0 Å². The number of alkyl halides is 3. The number of likely N-dealkylation sites (N-methyl/N-ethyl adjacent to an activating group) is 1. The second-order valence-electron chi connectivity index (χ2n) is 5.73. The van der Waals surface area contributed by atoms with E-state index in [2.05, 4.69) is 15.5 Å². The number of nitrogens with zero attached hydrogens (tertiary/aromatic N) is 3. The molecule has 0 aliphatic rings. The Labute approximate surface area is 153 Å². The average Bonchev–Trinajstić information content (AvgIpc) is 3.02. The van der Waals surface area contributed by atoms with Crippen LogP contribution >= 0.6 is 11.6 Å². The molecule has 0 aliphatic carbocycles. The molecule has 0 saturated carbocycles. The fraction of sp³-hybridized carbons (Fsp3) is 0.438. The first-order valence-corrected chi connectivity index (χ1v) is 8.19. The SMILES string of the molecule is CCc1noc(CN(C)C(C)C(=O)Nc2ccc(Cl)c(C(F)(F)F)c2)n1. The molecule has 0 spiro atoms. The number of aromatic nitrogens is 2. The molecule has 6 nitrogen and oxygen atoms in total. The van der Waals surface area contributed by atoms with E-state index in [-0.39, 0.29) is 12.2 Å². The highest BCUT2D eigenvalue weighted by atomic mass is 35.5. The Bertz CT molecular complexity index is 779. The lowest BCUT2D eigenvalue weighted by molar-refractivity contribution is -0.137. The predicted molar refractivity (Wildman–Crippen MR) is 89.7 cm³/mol. The van der Waals surface area contributed by atoms with E-state index in [0.29, 0.717) is 18.1 Å². The number of hydrogen-bond donors (Lipinski definition) is 1. The largest absolute Gasteiger partial charge is 0.417 e. The summed E-state index contributed by atoms with van der Waals surface area (Å²) < 4.78 is 43.8. The van der Waals surface area contributed by atoms with Gasteiger partial charge in [0.05, 0.1) is 23.2 Å². The molecular formula is C16H18ClF3N4O2. The number of carbonyl (C=O) groups excluding carboxylic acids is 1. The van der Waals surface area contributed by atoms with Crippen LogP contribution in [0.1, 0.15) is 31.1 Å². The average molecular weight is 391 g/mol. The van der Waals surface area contributed by atoms with Gasteiger partial charge in [0.2, 0.25) is 11.8 Å². The third-order valence-corrected chi connectivity index (χ3v) is 4.12. The standard InChI is InChI=1S/C16H18ClF3N4O2/c1-4-13-22-14(26-23-13)8-24(3)9(2)15(25)21-10-5-6-12(17)11(7-10)16(18,19)20/h5-7,9H,4,8H2,1-3H3,(H,21,25). The number of amides is 1. The van der Waals surface area contributed by atoms with Crippen molar-refractivity contribution in [2.24, 2.45) is 0 Å². The van der Waals surface area contributed by atoms with Crippen LogP contribution in [0.3, 0.4) is 0 Å². The summed E-state index contributed by atoms with van der Waals surface area (Å²) in [5.74, 6) is 0.444. The highest BCUT2D eigenvalue weighted by molar-refractivity contribution is 6.31. The number of rotatable bonds is 6. The number of benzene rings is 1. The zero-order chi connectivity index (χ0) is 19.5. The van der Waals surface area contributed by atoms with Crippen LogP contribution in [0.25, 0.3) is 0 Å². The Balaban J connectivity index is 2.04. The summed E-state index contributed by atoms with van der Waals surface area (Å²) in [7, 11) is 1.67. The molecule has 2 aromatic rings. The summed E-state index contributed by atoms with van der Waals surface area (Å²) in [5, 5.41) is 5.80. The van der Waals surface area contributed by atoms with E-state index in [4.69, 9.17) is 16.1 Å². The first-order valence-electron chi connectivity index (χ1n) is 7.81. The van der Waals surface area contributed by atoms with Gasteiger partial charge in [-0.15, -0.1) is 0 Å². The Morgan fingerprint density at radius 3 is 2.69 bits per heavy atom. The highest BCUT2D eigenvalue weighted by Gasteiger charge is 2.33. The molecular weight excluding hydrogens is 373 g/mol.